The van der Waals surface area contributed by atoms with Crippen molar-refractivity contribution in [3.8, 4) is 5.75 Å². The monoisotopic (exact) mass is 390 g/mol. The molecule has 2 aromatic carbocycles. The zero-order chi connectivity index (χ0) is 19.9. The Hall–Kier alpha value is -2.38. The molecule has 6 nitrogen and oxygen atoms in total. The predicted octanol–water partition coefficient (Wildman–Crippen LogP) is 2.42. The molecule has 2 aromatic rings. The van der Waals surface area contributed by atoms with Gasteiger partial charge in [0.2, 0.25) is 15.9 Å². The van der Waals surface area contributed by atoms with Crippen molar-refractivity contribution in [2.24, 2.45) is 0 Å². The van der Waals surface area contributed by atoms with E-state index >= 15 is 0 Å². The molecule has 0 aliphatic carbocycles. The van der Waals surface area contributed by atoms with Crippen LogP contribution in [0.2, 0.25) is 0 Å². The molecule has 2 N–H and O–H groups in total. The lowest BCUT2D eigenvalue weighted by Gasteiger charge is -2.19. The highest BCUT2D eigenvalue weighted by molar-refractivity contribution is 7.89. The van der Waals surface area contributed by atoms with Crippen LogP contribution in [0.1, 0.15) is 24.5 Å². The molecule has 1 atom stereocenters. The molecule has 0 aliphatic rings. The summed E-state index contributed by atoms with van der Waals surface area (Å²) in [7, 11) is -2.53. The lowest BCUT2D eigenvalue weighted by molar-refractivity contribution is -0.122. The summed E-state index contributed by atoms with van der Waals surface area (Å²) < 4.78 is 33.7. The molecule has 146 valence electrons. The second-order valence-corrected chi connectivity index (χ2v) is 7.99. The quantitative estimate of drug-likeness (QED) is 0.689. The molecule has 2 rings (SSSR count). The van der Waals surface area contributed by atoms with E-state index < -0.39 is 16.1 Å². The minimum Gasteiger partial charge on any atom is -0.495 e. The Labute approximate surface area is 161 Å². The Balaban J connectivity index is 2.32. The molecule has 0 spiro atoms. The fourth-order valence-electron chi connectivity index (χ4n) is 2.65. The number of carbonyl (C=O) groups is 1. The van der Waals surface area contributed by atoms with Crippen molar-refractivity contribution in [1.29, 1.82) is 0 Å². The fourth-order valence-corrected chi connectivity index (χ4v) is 4.10. The van der Waals surface area contributed by atoms with Crippen LogP contribution >= 0.6 is 0 Å². The van der Waals surface area contributed by atoms with Crippen LogP contribution in [0, 0.1) is 6.92 Å². The number of carbonyl (C=O) groups excluding carboxylic acids is 1. The van der Waals surface area contributed by atoms with Gasteiger partial charge in [0.1, 0.15) is 16.7 Å². The third-order valence-electron chi connectivity index (χ3n) is 4.05. The molecule has 0 aromatic heterocycles. The largest absolute Gasteiger partial charge is 0.495 e. The topological polar surface area (TPSA) is 84.5 Å². The van der Waals surface area contributed by atoms with Crippen LogP contribution < -0.4 is 14.8 Å². The van der Waals surface area contributed by atoms with E-state index in [0.717, 1.165) is 17.5 Å². The minimum absolute atomic E-state index is 0.0198. The van der Waals surface area contributed by atoms with E-state index in [-0.39, 0.29) is 23.0 Å². The second-order valence-electron chi connectivity index (χ2n) is 6.31. The second kappa shape index (κ2) is 9.53. The van der Waals surface area contributed by atoms with Gasteiger partial charge in [-0.1, -0.05) is 43.3 Å². The van der Waals surface area contributed by atoms with Crippen molar-refractivity contribution in [3.05, 3.63) is 59.7 Å². The van der Waals surface area contributed by atoms with Crippen molar-refractivity contribution >= 4 is 15.9 Å². The van der Waals surface area contributed by atoms with E-state index in [2.05, 4.69) is 10.0 Å². The number of hydrogen-bond donors (Lipinski definition) is 2. The Kier molecular flexibility index (Phi) is 7.38. The highest BCUT2D eigenvalue weighted by atomic mass is 32.2. The number of hydrogen-bond acceptors (Lipinski definition) is 4. The van der Waals surface area contributed by atoms with Gasteiger partial charge in [0, 0.05) is 6.54 Å². The van der Waals surface area contributed by atoms with Gasteiger partial charge in [-0.05, 0) is 43.0 Å². The van der Waals surface area contributed by atoms with Crippen molar-refractivity contribution < 1.29 is 17.9 Å². The Morgan fingerprint density at radius 1 is 1.15 bits per heavy atom. The molecule has 0 saturated heterocycles. The number of rotatable bonds is 9. The number of amides is 1. The first-order valence-electron chi connectivity index (χ1n) is 8.86. The maximum Gasteiger partial charge on any atom is 0.244 e. The highest BCUT2D eigenvalue weighted by Crippen LogP contribution is 2.25. The molecule has 1 unspecified atom stereocenters. The Bertz CT molecular complexity index is 867. The summed E-state index contributed by atoms with van der Waals surface area (Å²) in [4.78, 5) is 12.6. The first-order valence-corrected chi connectivity index (χ1v) is 10.3. The van der Waals surface area contributed by atoms with Gasteiger partial charge in [-0.2, -0.15) is 4.72 Å². The molecule has 1 amide bonds. The van der Waals surface area contributed by atoms with E-state index in [1.807, 2.05) is 37.3 Å². The number of nitrogens with one attached hydrogen (secondary N) is 2. The van der Waals surface area contributed by atoms with Gasteiger partial charge in [-0.3, -0.25) is 4.79 Å². The normalized spacial score (nSPS) is 12.4. The standard InChI is InChI=1S/C20H26N2O4S/c1-4-12-21-20(23)17(14-16-8-6-5-7-9-16)22-27(24,25)19-13-15(2)10-11-18(19)26-3/h5-11,13,17,22H,4,12,14H2,1-3H3,(H,21,23). The predicted molar refractivity (Wildman–Crippen MR) is 105 cm³/mol. The molecule has 27 heavy (non-hydrogen) atoms. The van der Waals surface area contributed by atoms with Crippen molar-refractivity contribution in [1.82, 2.24) is 10.0 Å². The van der Waals surface area contributed by atoms with Crippen LogP contribution in [0.25, 0.3) is 0 Å². The highest BCUT2D eigenvalue weighted by Gasteiger charge is 2.28. The fraction of sp³-hybridized carbons (Fsp3) is 0.350. The summed E-state index contributed by atoms with van der Waals surface area (Å²) in [6.45, 7) is 4.22. The molecule has 0 aliphatic heterocycles. The van der Waals surface area contributed by atoms with Gasteiger partial charge < -0.3 is 10.1 Å². The van der Waals surface area contributed by atoms with E-state index in [1.165, 1.54) is 13.2 Å². The molecule has 0 fully saturated rings. The first-order chi connectivity index (χ1) is 12.9. The van der Waals surface area contributed by atoms with Gasteiger partial charge in [-0.25, -0.2) is 8.42 Å². The lowest BCUT2D eigenvalue weighted by Crippen LogP contribution is -2.48. The molecular weight excluding hydrogens is 364 g/mol. The van der Waals surface area contributed by atoms with E-state index in [9.17, 15) is 13.2 Å². The average Bonchev–Trinajstić information content (AvgIpc) is 2.66. The summed E-state index contributed by atoms with van der Waals surface area (Å²) in [5.41, 5.74) is 1.65. The zero-order valence-corrected chi connectivity index (χ0v) is 16.7. The number of benzene rings is 2. The molecule has 0 bridgehead atoms. The van der Waals surface area contributed by atoms with Crippen LogP contribution in [-0.2, 0) is 21.2 Å². The minimum atomic E-state index is -3.95. The van der Waals surface area contributed by atoms with E-state index in [1.54, 1.807) is 19.1 Å². The Morgan fingerprint density at radius 3 is 2.48 bits per heavy atom. The Morgan fingerprint density at radius 2 is 1.85 bits per heavy atom. The smallest absolute Gasteiger partial charge is 0.244 e. The molecule has 7 heteroatoms. The summed E-state index contributed by atoms with van der Waals surface area (Å²) in [5, 5.41) is 2.77. The number of methoxy groups -OCH3 is 1. The van der Waals surface area contributed by atoms with Gasteiger partial charge in [0.05, 0.1) is 7.11 Å². The number of sulfonamides is 1. The van der Waals surface area contributed by atoms with Gasteiger partial charge in [0.25, 0.3) is 0 Å². The number of ether oxygens (including phenoxy) is 1. The van der Waals surface area contributed by atoms with Crippen LogP contribution in [0.15, 0.2) is 53.4 Å². The van der Waals surface area contributed by atoms with Crippen LogP contribution in [0.4, 0.5) is 0 Å². The van der Waals surface area contributed by atoms with Gasteiger partial charge in [0.15, 0.2) is 0 Å². The van der Waals surface area contributed by atoms with Crippen LogP contribution in [0.5, 0.6) is 5.75 Å². The van der Waals surface area contributed by atoms with Gasteiger partial charge in [-0.15, -0.1) is 0 Å². The molecule has 0 radical (unpaired) electrons. The lowest BCUT2D eigenvalue weighted by atomic mass is 10.1. The summed E-state index contributed by atoms with van der Waals surface area (Å²) in [6.07, 6.45) is 1.02. The maximum atomic E-state index is 13.0. The van der Waals surface area contributed by atoms with Crippen molar-refractivity contribution in [2.45, 2.75) is 37.6 Å². The maximum absolute atomic E-state index is 13.0. The third kappa shape index (κ3) is 5.80. The summed E-state index contributed by atoms with van der Waals surface area (Å²) in [5.74, 6) is -0.114. The van der Waals surface area contributed by atoms with Crippen LogP contribution in [0.3, 0.4) is 0 Å². The van der Waals surface area contributed by atoms with E-state index in [4.69, 9.17) is 4.74 Å². The van der Waals surface area contributed by atoms with E-state index in [0.29, 0.717) is 6.54 Å². The first kappa shape index (κ1) is 20.9. The molecule has 0 saturated carbocycles. The SMILES string of the molecule is CCCNC(=O)C(Cc1ccccc1)NS(=O)(=O)c1cc(C)ccc1OC. The summed E-state index contributed by atoms with van der Waals surface area (Å²) in [6, 6.07) is 13.3. The van der Waals surface area contributed by atoms with Gasteiger partial charge >= 0.3 is 0 Å². The zero-order valence-electron chi connectivity index (χ0n) is 15.9. The van der Waals surface area contributed by atoms with Crippen molar-refractivity contribution in [2.75, 3.05) is 13.7 Å². The number of aryl methyl sites for hydroxylation is 1. The third-order valence-corrected chi connectivity index (χ3v) is 5.55. The average molecular weight is 391 g/mol. The molecular formula is C20H26N2O4S. The van der Waals surface area contributed by atoms with Crippen LogP contribution in [-0.4, -0.2) is 34.0 Å². The van der Waals surface area contributed by atoms with Crippen molar-refractivity contribution in [3.63, 3.8) is 0 Å². The summed E-state index contributed by atoms with van der Waals surface area (Å²) >= 11 is 0. The molecule has 0 heterocycles.